The minimum atomic E-state index is -0.125. The average molecular weight is 144 g/mol. The summed E-state index contributed by atoms with van der Waals surface area (Å²) in [4.78, 5) is 10.5. The van der Waals surface area contributed by atoms with Gasteiger partial charge in [0.1, 0.15) is 12.5 Å². The monoisotopic (exact) mass is 144 g/mol. The number of rotatable bonds is 0. The molecule has 0 saturated carbocycles. The third-order valence-corrected chi connectivity index (χ3v) is 1.16. The van der Waals surface area contributed by atoms with E-state index in [1.165, 1.54) is 24.7 Å². The summed E-state index contributed by atoms with van der Waals surface area (Å²) in [6, 6.07) is 2.68. The van der Waals surface area contributed by atoms with E-state index in [2.05, 4.69) is 0 Å². The lowest BCUT2D eigenvalue weighted by Gasteiger charge is -1.73. The van der Waals surface area contributed by atoms with E-state index in [0.717, 1.165) is 0 Å². The first-order valence-corrected chi connectivity index (χ1v) is 3.14. The van der Waals surface area contributed by atoms with E-state index in [0.29, 0.717) is 0 Å². The molecule has 0 aliphatic rings. The minimum Gasteiger partial charge on any atom is -0.430 e. The van der Waals surface area contributed by atoms with Crippen LogP contribution in [0.2, 0.25) is 0 Å². The van der Waals surface area contributed by atoms with Gasteiger partial charge in [-0.25, -0.2) is 0 Å². The van der Waals surface area contributed by atoms with Crippen molar-refractivity contribution in [1.82, 2.24) is 0 Å². The lowest BCUT2D eigenvalue weighted by molar-refractivity contribution is 0.598. The third kappa shape index (κ3) is 2.20. The molecule has 4 heteroatoms. The van der Waals surface area contributed by atoms with Gasteiger partial charge in [-0.1, -0.05) is 0 Å². The summed E-state index contributed by atoms with van der Waals surface area (Å²) >= 11 is 0. The maximum Gasteiger partial charge on any atom is 0.200 e. The molecule has 0 unspecified atom stereocenters. The van der Waals surface area contributed by atoms with Crippen molar-refractivity contribution in [3.05, 3.63) is 34.9 Å². The van der Waals surface area contributed by atoms with Gasteiger partial charge in [-0.15, -0.1) is 0 Å². The second-order valence-corrected chi connectivity index (χ2v) is 1.96. The van der Waals surface area contributed by atoms with E-state index >= 15 is 0 Å². The molecular formula is C5H5O3P. The first kappa shape index (κ1) is 6.17. The molecule has 0 atom stereocenters. The van der Waals surface area contributed by atoms with Crippen molar-refractivity contribution >= 4 is 8.67 Å². The molecule has 0 bridgehead atoms. The Hall–Kier alpha value is -0.950. The lowest BCUT2D eigenvalue weighted by atomic mass is 10.5. The predicted octanol–water partition coefficient (Wildman–Crippen LogP) is 1.39. The molecule has 0 amide bonds. The highest BCUT2D eigenvalue weighted by Crippen LogP contribution is 1.94. The van der Waals surface area contributed by atoms with Crippen LogP contribution in [0.4, 0.5) is 0 Å². The van der Waals surface area contributed by atoms with Crippen LogP contribution in [-0.4, -0.2) is 0 Å². The van der Waals surface area contributed by atoms with Gasteiger partial charge in [0.2, 0.25) is 0 Å². The van der Waals surface area contributed by atoms with Gasteiger partial charge in [0.05, 0.1) is 0 Å². The Labute approximate surface area is 52.9 Å². The summed E-state index contributed by atoms with van der Waals surface area (Å²) in [6.07, 6.45) is 2.65. The molecule has 0 N–H and O–H groups in total. The molecule has 48 valence electrons. The summed E-state index contributed by atoms with van der Waals surface area (Å²) in [5.41, 5.74) is -0.125. The SMILES string of the molecule is O=c1cco[pH]occ1. The Morgan fingerprint density at radius 2 is 1.78 bits per heavy atom. The molecule has 0 aliphatic heterocycles. The Kier molecular flexibility index (Phi) is 2.16. The predicted molar refractivity (Wildman–Crippen MR) is 34.4 cm³/mol. The van der Waals surface area contributed by atoms with Crippen LogP contribution in [-0.2, 0) is 0 Å². The van der Waals surface area contributed by atoms with E-state index in [9.17, 15) is 4.79 Å². The van der Waals surface area contributed by atoms with Crippen LogP contribution in [0, 0.1) is 0 Å². The zero-order valence-corrected chi connectivity index (χ0v) is 5.53. The van der Waals surface area contributed by atoms with Gasteiger partial charge < -0.3 is 8.39 Å². The summed E-state index contributed by atoms with van der Waals surface area (Å²) in [6.45, 7) is 0. The fourth-order valence-electron chi connectivity index (χ4n) is 0.341. The van der Waals surface area contributed by atoms with Crippen molar-refractivity contribution in [1.29, 1.82) is 0 Å². The van der Waals surface area contributed by atoms with Gasteiger partial charge in [0.15, 0.2) is 14.1 Å². The number of hydrogen-bond donors (Lipinski definition) is 0. The van der Waals surface area contributed by atoms with Gasteiger partial charge in [-0.3, -0.25) is 4.79 Å². The molecule has 0 aliphatic carbocycles. The molecular weight excluding hydrogens is 139 g/mol. The van der Waals surface area contributed by atoms with Gasteiger partial charge in [0, 0.05) is 12.1 Å². The van der Waals surface area contributed by atoms with Crippen LogP contribution >= 0.6 is 8.67 Å². The highest BCUT2D eigenvalue weighted by atomic mass is 31.1. The van der Waals surface area contributed by atoms with Crippen molar-refractivity contribution in [3.8, 4) is 0 Å². The topological polar surface area (TPSA) is 43.4 Å². The fourth-order valence-corrected chi connectivity index (χ4v) is 0.644. The zero-order valence-electron chi connectivity index (χ0n) is 4.53. The Morgan fingerprint density at radius 3 is 2.33 bits per heavy atom. The third-order valence-electron chi connectivity index (χ3n) is 0.697. The zero-order chi connectivity index (χ0) is 6.53. The maximum absolute atomic E-state index is 10.5. The number of hydrogen-bond acceptors (Lipinski definition) is 3. The first-order chi connectivity index (χ1) is 4.39. The largest absolute Gasteiger partial charge is 0.430 e. The maximum atomic E-state index is 10.5. The van der Waals surface area contributed by atoms with Crippen LogP contribution in [0.25, 0.3) is 0 Å². The van der Waals surface area contributed by atoms with E-state index in [1.807, 2.05) is 0 Å². The second-order valence-electron chi connectivity index (χ2n) is 1.33. The molecule has 0 aromatic carbocycles. The van der Waals surface area contributed by atoms with E-state index in [-0.39, 0.29) is 14.1 Å². The van der Waals surface area contributed by atoms with Crippen LogP contribution < -0.4 is 5.43 Å². The molecule has 1 rings (SSSR count). The fraction of sp³-hybridized carbons (Fsp3) is 0. The molecule has 1 aromatic heterocycles. The standard InChI is InChI=1S/C5H5O3P/c6-5-1-3-7-9-8-4-2-5/h1-4,9H. The second kappa shape index (κ2) is 3.15. The van der Waals surface area contributed by atoms with Crippen molar-refractivity contribution in [2.75, 3.05) is 0 Å². The van der Waals surface area contributed by atoms with E-state index < -0.39 is 0 Å². The van der Waals surface area contributed by atoms with Crippen LogP contribution in [0.5, 0.6) is 0 Å². The molecule has 1 heterocycles. The summed E-state index contributed by atoms with van der Waals surface area (Å²) < 4.78 is 9.40. The summed E-state index contributed by atoms with van der Waals surface area (Å²) in [5.74, 6) is 0. The van der Waals surface area contributed by atoms with Crippen LogP contribution in [0.1, 0.15) is 0 Å². The molecule has 0 saturated heterocycles. The van der Waals surface area contributed by atoms with Crippen molar-refractivity contribution < 1.29 is 8.39 Å². The van der Waals surface area contributed by atoms with Gasteiger partial charge in [0.25, 0.3) is 0 Å². The van der Waals surface area contributed by atoms with Crippen molar-refractivity contribution in [2.24, 2.45) is 0 Å². The van der Waals surface area contributed by atoms with Crippen molar-refractivity contribution in [3.63, 3.8) is 0 Å². The first-order valence-electron chi connectivity index (χ1n) is 2.33. The van der Waals surface area contributed by atoms with Gasteiger partial charge in [-0.05, 0) is 0 Å². The normalized spacial score (nSPS) is 8.44. The molecule has 3 nitrogen and oxygen atoms in total. The Bertz CT molecular complexity index is 233. The Morgan fingerprint density at radius 1 is 1.22 bits per heavy atom. The van der Waals surface area contributed by atoms with Crippen LogP contribution in [0.3, 0.4) is 0 Å². The average Bonchev–Trinajstić information content (AvgIpc) is 1.79. The minimum absolute atomic E-state index is 0.0458. The summed E-state index contributed by atoms with van der Waals surface area (Å²) in [7, 11) is -0.0458. The smallest absolute Gasteiger partial charge is 0.200 e. The highest BCUT2D eigenvalue weighted by Gasteiger charge is 1.71. The lowest BCUT2D eigenvalue weighted by Crippen LogP contribution is -1.88. The molecule has 1 aromatic rings. The molecule has 0 fully saturated rings. The quantitative estimate of drug-likeness (QED) is 0.552. The van der Waals surface area contributed by atoms with E-state index in [4.69, 9.17) is 8.39 Å². The Balaban J connectivity index is 3.24. The van der Waals surface area contributed by atoms with Gasteiger partial charge in [-0.2, -0.15) is 0 Å². The van der Waals surface area contributed by atoms with Gasteiger partial charge >= 0.3 is 0 Å². The van der Waals surface area contributed by atoms with Crippen molar-refractivity contribution in [2.45, 2.75) is 0 Å². The molecule has 9 heavy (non-hydrogen) atoms. The summed E-state index contributed by atoms with van der Waals surface area (Å²) in [5, 5.41) is 0. The van der Waals surface area contributed by atoms with Crippen LogP contribution in [0.15, 0.2) is 37.8 Å². The molecule has 0 spiro atoms. The molecule has 0 radical (unpaired) electrons. The van der Waals surface area contributed by atoms with E-state index in [1.54, 1.807) is 0 Å². The highest BCUT2D eigenvalue weighted by molar-refractivity contribution is 7.15.